The van der Waals surface area contributed by atoms with Crippen LogP contribution in [0.2, 0.25) is 0 Å². The van der Waals surface area contributed by atoms with Gasteiger partial charge in [-0.25, -0.2) is 0 Å². The van der Waals surface area contributed by atoms with Crippen LogP contribution in [0.15, 0.2) is 174 Å². The number of fused-ring (bicyclic) bond motifs is 15. The van der Waals surface area contributed by atoms with E-state index in [0.717, 1.165) is 44.4 Å². The van der Waals surface area contributed by atoms with Gasteiger partial charge in [0.2, 0.25) is 0 Å². The van der Waals surface area contributed by atoms with Gasteiger partial charge in [-0.15, -0.1) is 0 Å². The monoisotopic (exact) mass is 623 g/mol. The average molecular weight is 624 g/mol. The summed E-state index contributed by atoms with van der Waals surface area (Å²) in [5.74, 6) is 0. The third-order valence-electron chi connectivity index (χ3n) is 10.9. The zero-order valence-electron chi connectivity index (χ0n) is 26.6. The van der Waals surface area contributed by atoms with Crippen LogP contribution in [-0.2, 0) is 5.41 Å². The Morgan fingerprint density at radius 2 is 0.980 bits per heavy atom. The molecule has 0 fully saturated rings. The van der Waals surface area contributed by atoms with Gasteiger partial charge >= 0.3 is 0 Å². The highest BCUT2D eigenvalue weighted by Crippen LogP contribution is 2.64. The van der Waals surface area contributed by atoms with E-state index in [0.29, 0.717) is 0 Å². The molecule has 0 saturated heterocycles. The van der Waals surface area contributed by atoms with Crippen LogP contribution >= 0.6 is 0 Å². The zero-order valence-corrected chi connectivity index (χ0v) is 26.6. The summed E-state index contributed by atoms with van der Waals surface area (Å²) >= 11 is 0. The molecular weight excluding hydrogens is 595 g/mol. The van der Waals surface area contributed by atoms with Gasteiger partial charge in [-0.1, -0.05) is 152 Å². The Hall–Kier alpha value is -6.38. The molecule has 2 aliphatic carbocycles. The van der Waals surface area contributed by atoms with Crippen LogP contribution in [0.4, 0.5) is 11.4 Å². The van der Waals surface area contributed by atoms with Crippen molar-refractivity contribution in [3.8, 4) is 33.4 Å². The molecular formula is C47H29NO. The molecule has 228 valence electrons. The number of furan rings is 1. The Morgan fingerprint density at radius 1 is 0.408 bits per heavy atom. The summed E-state index contributed by atoms with van der Waals surface area (Å²) in [6, 6.07) is 61.6. The van der Waals surface area contributed by atoms with Crippen LogP contribution in [-0.4, -0.2) is 0 Å². The molecule has 9 aromatic rings. The fourth-order valence-corrected chi connectivity index (χ4v) is 8.97. The van der Waals surface area contributed by atoms with Crippen LogP contribution in [0, 0.1) is 0 Å². The summed E-state index contributed by atoms with van der Waals surface area (Å²) in [5.41, 5.74) is 16.1. The van der Waals surface area contributed by atoms with E-state index in [-0.39, 0.29) is 5.41 Å². The van der Waals surface area contributed by atoms with Crippen molar-refractivity contribution in [2.45, 2.75) is 5.41 Å². The summed E-state index contributed by atoms with van der Waals surface area (Å²) in [4.78, 5) is 0. The third-order valence-corrected chi connectivity index (χ3v) is 10.9. The van der Waals surface area contributed by atoms with Crippen molar-refractivity contribution in [1.29, 1.82) is 0 Å². The van der Waals surface area contributed by atoms with Crippen LogP contribution < -0.4 is 5.32 Å². The summed E-state index contributed by atoms with van der Waals surface area (Å²) in [7, 11) is 0. The van der Waals surface area contributed by atoms with E-state index < -0.39 is 0 Å². The van der Waals surface area contributed by atoms with E-state index in [1.807, 2.05) is 0 Å². The van der Waals surface area contributed by atoms with Gasteiger partial charge in [0.25, 0.3) is 0 Å². The Bertz CT molecular complexity index is 2760. The molecule has 0 saturated carbocycles. The molecule has 0 radical (unpaired) electrons. The van der Waals surface area contributed by atoms with Gasteiger partial charge in [0.05, 0.1) is 11.1 Å². The number of nitrogens with one attached hydrogen (secondary N) is 1. The maximum absolute atomic E-state index is 6.96. The minimum atomic E-state index is -0.383. The highest BCUT2D eigenvalue weighted by molar-refractivity contribution is 6.24. The fraction of sp³-hybridized carbons (Fsp3) is 0.0213. The van der Waals surface area contributed by atoms with Crippen LogP contribution in [0.5, 0.6) is 0 Å². The van der Waals surface area contributed by atoms with Gasteiger partial charge in [0, 0.05) is 27.6 Å². The highest BCUT2D eigenvalue weighted by atomic mass is 16.3. The first-order valence-corrected chi connectivity index (χ1v) is 16.9. The molecule has 1 aromatic heterocycles. The lowest BCUT2D eigenvalue weighted by atomic mass is 9.70. The van der Waals surface area contributed by atoms with Crippen LogP contribution in [0.1, 0.15) is 22.3 Å². The van der Waals surface area contributed by atoms with Gasteiger partial charge < -0.3 is 9.73 Å². The van der Waals surface area contributed by atoms with E-state index in [1.54, 1.807) is 0 Å². The average Bonchev–Trinajstić information content (AvgIpc) is 3.81. The lowest BCUT2D eigenvalue weighted by molar-refractivity contribution is 0.671. The fourth-order valence-electron chi connectivity index (χ4n) is 8.97. The van der Waals surface area contributed by atoms with Crippen molar-refractivity contribution in [3.63, 3.8) is 0 Å². The van der Waals surface area contributed by atoms with E-state index in [9.17, 15) is 0 Å². The van der Waals surface area contributed by atoms with Crippen molar-refractivity contribution in [2.24, 2.45) is 0 Å². The number of rotatable bonds is 3. The maximum atomic E-state index is 6.96. The molecule has 11 rings (SSSR count). The molecule has 8 aromatic carbocycles. The van der Waals surface area contributed by atoms with Gasteiger partial charge in [-0.05, 0) is 73.5 Å². The van der Waals surface area contributed by atoms with Gasteiger partial charge in [0.15, 0.2) is 5.58 Å². The molecule has 0 atom stereocenters. The molecule has 0 unspecified atom stereocenters. The zero-order chi connectivity index (χ0) is 32.1. The second-order valence-corrected chi connectivity index (χ2v) is 13.2. The summed E-state index contributed by atoms with van der Waals surface area (Å²) in [6.07, 6.45) is 0. The molecule has 2 nitrogen and oxygen atoms in total. The van der Waals surface area contributed by atoms with Crippen LogP contribution in [0.25, 0.3) is 66.1 Å². The largest absolute Gasteiger partial charge is 0.453 e. The van der Waals surface area contributed by atoms with Crippen molar-refractivity contribution in [1.82, 2.24) is 0 Å². The van der Waals surface area contributed by atoms with Crippen molar-refractivity contribution >= 4 is 44.1 Å². The normalized spacial score (nSPS) is 13.5. The minimum absolute atomic E-state index is 0.383. The Labute approximate surface area is 283 Å². The Morgan fingerprint density at radius 3 is 1.76 bits per heavy atom. The lowest BCUT2D eigenvalue weighted by Gasteiger charge is -2.30. The molecule has 49 heavy (non-hydrogen) atoms. The Kier molecular flexibility index (Phi) is 5.34. The standard InChI is InChI=1S/C47H29NO/c1-2-14-29(15-3-1)36-28-30-16-4-5-17-31(30)43-35-21-12-27-42(45(35)49-46(36)43)48-41-26-13-25-40-44(41)34-20-8-11-24-39(34)47(40)37-22-9-6-18-32(37)33-19-7-10-23-38(33)47/h1-28,48H. The molecule has 0 bridgehead atoms. The third kappa shape index (κ3) is 3.45. The van der Waals surface area contributed by atoms with Gasteiger partial charge in [-0.3, -0.25) is 0 Å². The summed E-state index contributed by atoms with van der Waals surface area (Å²) < 4.78 is 6.96. The predicted octanol–water partition coefficient (Wildman–Crippen LogP) is 12.5. The molecule has 0 aliphatic heterocycles. The van der Waals surface area contributed by atoms with Gasteiger partial charge in [0.1, 0.15) is 5.58 Å². The number of benzene rings is 8. The van der Waals surface area contributed by atoms with E-state index in [4.69, 9.17) is 4.42 Å². The Balaban J connectivity index is 1.16. The highest BCUT2D eigenvalue weighted by Gasteiger charge is 2.52. The molecule has 2 aliphatic rings. The lowest BCUT2D eigenvalue weighted by Crippen LogP contribution is -2.25. The number of hydrogen-bond donors (Lipinski definition) is 1. The summed E-state index contributed by atoms with van der Waals surface area (Å²) in [6.45, 7) is 0. The second kappa shape index (κ2) is 9.82. The summed E-state index contributed by atoms with van der Waals surface area (Å²) in [5, 5.41) is 8.58. The number of hydrogen-bond acceptors (Lipinski definition) is 2. The first-order valence-electron chi connectivity index (χ1n) is 16.9. The maximum Gasteiger partial charge on any atom is 0.158 e. The van der Waals surface area contributed by atoms with E-state index in [1.165, 1.54) is 55.3 Å². The predicted molar refractivity (Wildman–Crippen MR) is 203 cm³/mol. The first-order chi connectivity index (χ1) is 24.3. The second-order valence-electron chi connectivity index (χ2n) is 13.2. The first kappa shape index (κ1) is 26.7. The minimum Gasteiger partial charge on any atom is -0.453 e. The van der Waals surface area contributed by atoms with Crippen molar-refractivity contribution in [3.05, 3.63) is 192 Å². The number of para-hydroxylation sites is 1. The number of anilines is 2. The molecule has 0 amide bonds. The smallest absolute Gasteiger partial charge is 0.158 e. The molecule has 1 heterocycles. The SMILES string of the molecule is c1ccc(-c2cc3ccccc3c3c2oc2c(Nc4cccc5c4-c4ccccc4C54c5ccccc5-c5ccccc54)cccc23)cc1. The molecule has 1 N–H and O–H groups in total. The molecule has 2 heteroatoms. The van der Waals surface area contributed by atoms with Crippen molar-refractivity contribution < 1.29 is 4.42 Å². The van der Waals surface area contributed by atoms with Gasteiger partial charge in [-0.2, -0.15) is 0 Å². The van der Waals surface area contributed by atoms with Crippen LogP contribution in [0.3, 0.4) is 0 Å². The van der Waals surface area contributed by atoms with E-state index in [2.05, 4.69) is 175 Å². The van der Waals surface area contributed by atoms with Crippen molar-refractivity contribution in [2.75, 3.05) is 5.32 Å². The quantitative estimate of drug-likeness (QED) is 0.212. The topological polar surface area (TPSA) is 25.2 Å². The van der Waals surface area contributed by atoms with E-state index >= 15 is 0 Å². The molecule has 1 spiro atoms.